The number of hydrogen-bond acceptors (Lipinski definition) is 8. The van der Waals surface area contributed by atoms with E-state index in [1.807, 2.05) is 27.8 Å². The second-order valence-corrected chi connectivity index (χ2v) is 8.17. The number of carbonyl (C=O) groups is 1. The number of aromatic nitrogens is 2. The number of morpholine rings is 1. The van der Waals surface area contributed by atoms with Crippen molar-refractivity contribution in [2.45, 2.75) is 60.8 Å². The molecule has 0 saturated carbocycles. The molecular formula is C26H41N5O3. The van der Waals surface area contributed by atoms with Crippen LogP contribution in [0.1, 0.15) is 71.4 Å². The Hall–Kier alpha value is -2.87. The number of nitrogens with one attached hydrogen (secondary N) is 2. The van der Waals surface area contributed by atoms with Crippen molar-refractivity contribution in [1.29, 1.82) is 0 Å². The maximum Gasteiger partial charge on any atom is 0.231 e. The maximum absolute atomic E-state index is 12.4. The highest BCUT2D eigenvalue weighted by Gasteiger charge is 2.23. The normalized spacial score (nSPS) is 14.8. The third-order valence-electron chi connectivity index (χ3n) is 5.35. The van der Waals surface area contributed by atoms with E-state index in [9.17, 15) is 4.79 Å². The van der Waals surface area contributed by atoms with Crippen LogP contribution in [0, 0.1) is 5.92 Å². The van der Waals surface area contributed by atoms with Crippen LogP contribution in [-0.2, 0) is 4.74 Å². The number of carbonyl (C=O) groups excluding carboxylic acids is 1. The number of anilines is 2. The first-order valence-corrected chi connectivity index (χ1v) is 12.5. The molecule has 0 atom stereocenters. The van der Waals surface area contributed by atoms with E-state index in [-0.39, 0.29) is 5.78 Å². The molecule has 8 heteroatoms. The smallest absolute Gasteiger partial charge is 0.231 e. The fraction of sp³-hybridized carbons (Fsp3) is 0.577. The van der Waals surface area contributed by atoms with E-state index >= 15 is 0 Å². The Morgan fingerprint density at radius 2 is 1.91 bits per heavy atom. The summed E-state index contributed by atoms with van der Waals surface area (Å²) in [6.07, 6.45) is 6.48. The number of allylic oxidation sites excluding steroid dienone is 3. The number of ketones is 1. The van der Waals surface area contributed by atoms with Gasteiger partial charge in [-0.3, -0.25) is 4.79 Å². The van der Waals surface area contributed by atoms with Gasteiger partial charge in [-0.2, -0.15) is 4.98 Å². The highest BCUT2D eigenvalue weighted by atomic mass is 16.5. The summed E-state index contributed by atoms with van der Waals surface area (Å²) < 4.78 is 11.5. The largest absolute Gasteiger partial charge is 0.447 e. The van der Waals surface area contributed by atoms with E-state index in [2.05, 4.69) is 53.4 Å². The highest BCUT2D eigenvalue weighted by molar-refractivity contribution is 5.98. The lowest BCUT2D eigenvalue weighted by molar-refractivity contribution is 0.0957. The quantitative estimate of drug-likeness (QED) is 0.345. The third kappa shape index (κ3) is 7.06. The van der Waals surface area contributed by atoms with E-state index in [0.717, 1.165) is 18.7 Å². The first-order chi connectivity index (χ1) is 16.5. The van der Waals surface area contributed by atoms with Crippen LogP contribution < -0.4 is 15.5 Å². The molecule has 188 valence electrons. The van der Waals surface area contributed by atoms with Crippen LogP contribution in [0.15, 0.2) is 34.0 Å². The molecule has 34 heavy (non-hydrogen) atoms. The topological polar surface area (TPSA) is 92.5 Å². The van der Waals surface area contributed by atoms with Crippen molar-refractivity contribution in [2.24, 2.45) is 5.92 Å². The Balaban J connectivity index is 0.00000199. The van der Waals surface area contributed by atoms with Gasteiger partial charge in [-0.05, 0) is 30.4 Å². The fourth-order valence-corrected chi connectivity index (χ4v) is 3.60. The number of Topliss-reactive ketones (excluding diaryl/α,β-unsaturated/α-hetero) is 1. The Morgan fingerprint density at radius 1 is 1.21 bits per heavy atom. The number of rotatable bonds is 10. The molecule has 0 bridgehead atoms. The van der Waals surface area contributed by atoms with Gasteiger partial charge in [-0.25, -0.2) is 4.98 Å². The lowest BCUT2D eigenvalue weighted by Gasteiger charge is -2.27. The lowest BCUT2D eigenvalue weighted by atomic mass is 10.0. The minimum atomic E-state index is -0.0185. The number of fused-ring (bicyclic) bond motifs is 1. The molecule has 1 aliphatic rings. The molecule has 1 aliphatic heterocycles. The second-order valence-electron chi connectivity index (χ2n) is 8.17. The van der Waals surface area contributed by atoms with Crippen LogP contribution in [0.5, 0.6) is 0 Å². The zero-order valence-corrected chi connectivity index (χ0v) is 21.8. The third-order valence-corrected chi connectivity index (χ3v) is 5.35. The summed E-state index contributed by atoms with van der Waals surface area (Å²) in [5, 5.41) is 6.51. The molecule has 2 aromatic heterocycles. The summed E-state index contributed by atoms with van der Waals surface area (Å²) in [5.74, 6) is 2.65. The van der Waals surface area contributed by atoms with E-state index in [1.54, 1.807) is 6.07 Å². The molecule has 2 aromatic rings. The van der Waals surface area contributed by atoms with Crippen molar-refractivity contribution < 1.29 is 13.9 Å². The number of furan rings is 1. The minimum Gasteiger partial charge on any atom is -0.447 e. The van der Waals surface area contributed by atoms with Crippen molar-refractivity contribution in [3.63, 3.8) is 0 Å². The van der Waals surface area contributed by atoms with Crippen LogP contribution in [0.25, 0.3) is 11.1 Å². The Morgan fingerprint density at radius 3 is 2.50 bits per heavy atom. The average molecular weight is 472 g/mol. The van der Waals surface area contributed by atoms with Crippen LogP contribution in [-0.4, -0.2) is 49.1 Å². The SMILES string of the molecule is CC.CC/C=C(\C=C(/NC)Nc1nc(N2CCOCC2)c2oc(C(=O)CCC)cc2n1)C(C)C. The van der Waals surface area contributed by atoms with Crippen LogP contribution in [0.4, 0.5) is 11.8 Å². The van der Waals surface area contributed by atoms with Crippen LogP contribution >= 0.6 is 0 Å². The zero-order valence-electron chi connectivity index (χ0n) is 21.8. The van der Waals surface area contributed by atoms with Crippen molar-refractivity contribution in [1.82, 2.24) is 15.3 Å². The molecule has 8 nitrogen and oxygen atoms in total. The molecule has 1 fully saturated rings. The standard InChI is InChI=1S/C24H35N5O3.C2H6/c1-6-8-17(16(3)4)14-21(25-5)27-24-26-18-15-20(19(30)9-7-2)32-22(18)23(28-24)29-10-12-31-13-11-29;1-2/h8,14-16,25H,6-7,9-13H2,1-5H3,(H,26,27,28);1-2H3/b17-8+,21-14+;. The van der Waals surface area contributed by atoms with Gasteiger partial charge in [-0.1, -0.05) is 47.6 Å². The molecule has 0 spiro atoms. The van der Waals surface area contributed by atoms with Gasteiger partial charge >= 0.3 is 0 Å². The van der Waals surface area contributed by atoms with E-state index in [1.165, 1.54) is 5.57 Å². The monoisotopic (exact) mass is 471 g/mol. The summed E-state index contributed by atoms with van der Waals surface area (Å²) in [4.78, 5) is 24.0. The van der Waals surface area contributed by atoms with Crippen LogP contribution in [0.2, 0.25) is 0 Å². The van der Waals surface area contributed by atoms with Gasteiger partial charge in [0.2, 0.25) is 5.95 Å². The average Bonchev–Trinajstić information content (AvgIpc) is 3.29. The maximum atomic E-state index is 12.4. The van der Waals surface area contributed by atoms with Gasteiger partial charge in [0.1, 0.15) is 11.3 Å². The van der Waals surface area contributed by atoms with Gasteiger partial charge in [0.15, 0.2) is 22.9 Å². The predicted molar refractivity (Wildman–Crippen MR) is 139 cm³/mol. The molecule has 0 amide bonds. The summed E-state index contributed by atoms with van der Waals surface area (Å²) in [6, 6.07) is 1.73. The Kier molecular flexibility index (Phi) is 11.1. The molecule has 0 radical (unpaired) electrons. The van der Waals surface area contributed by atoms with Crippen LogP contribution in [0.3, 0.4) is 0 Å². The Bertz CT molecular complexity index is 988. The summed E-state index contributed by atoms with van der Waals surface area (Å²) in [7, 11) is 1.86. The van der Waals surface area contributed by atoms with E-state index in [4.69, 9.17) is 14.1 Å². The summed E-state index contributed by atoms with van der Waals surface area (Å²) in [6.45, 7) is 15.1. The molecule has 0 aromatic carbocycles. The first kappa shape index (κ1) is 27.4. The Labute approximate surface area is 203 Å². The van der Waals surface area contributed by atoms with Gasteiger partial charge in [0.25, 0.3) is 0 Å². The van der Waals surface area contributed by atoms with Gasteiger partial charge in [-0.15, -0.1) is 0 Å². The number of ether oxygens (including phenoxy) is 1. The lowest BCUT2D eigenvalue weighted by Crippen LogP contribution is -2.37. The molecule has 0 aliphatic carbocycles. The molecule has 1 saturated heterocycles. The number of hydrogen-bond donors (Lipinski definition) is 2. The minimum absolute atomic E-state index is 0.0185. The summed E-state index contributed by atoms with van der Waals surface area (Å²) in [5.41, 5.74) is 2.39. The van der Waals surface area contributed by atoms with Crippen molar-refractivity contribution in [3.05, 3.63) is 35.4 Å². The second kappa shape index (κ2) is 13.7. The zero-order chi connectivity index (χ0) is 25.1. The summed E-state index contributed by atoms with van der Waals surface area (Å²) >= 11 is 0. The van der Waals surface area contributed by atoms with Gasteiger partial charge < -0.3 is 24.7 Å². The van der Waals surface area contributed by atoms with Crippen molar-refractivity contribution in [2.75, 3.05) is 43.6 Å². The van der Waals surface area contributed by atoms with Gasteiger partial charge in [0.05, 0.1) is 13.2 Å². The molecule has 0 unspecified atom stereocenters. The predicted octanol–water partition coefficient (Wildman–Crippen LogP) is 5.53. The molecule has 3 heterocycles. The molecular weight excluding hydrogens is 430 g/mol. The number of nitrogens with zero attached hydrogens (tertiary/aromatic N) is 3. The first-order valence-electron chi connectivity index (χ1n) is 12.5. The van der Waals surface area contributed by atoms with Crippen molar-refractivity contribution in [3.8, 4) is 0 Å². The molecule has 3 rings (SSSR count). The molecule has 2 N–H and O–H groups in total. The fourth-order valence-electron chi connectivity index (χ4n) is 3.60. The van der Waals surface area contributed by atoms with Gasteiger partial charge in [0, 0.05) is 32.6 Å². The van der Waals surface area contributed by atoms with E-state index in [0.29, 0.717) is 67.3 Å². The van der Waals surface area contributed by atoms with E-state index < -0.39 is 0 Å². The van der Waals surface area contributed by atoms with Crippen molar-refractivity contribution >= 4 is 28.6 Å². The highest BCUT2D eigenvalue weighted by Crippen LogP contribution is 2.30.